The van der Waals surface area contributed by atoms with Gasteiger partial charge in [-0.05, 0) is 12.8 Å². The fraction of sp³-hybridized carbons (Fsp3) is 0.800. The van der Waals surface area contributed by atoms with Crippen molar-refractivity contribution >= 4 is 6.29 Å². The van der Waals surface area contributed by atoms with Crippen LogP contribution in [0.25, 0.3) is 0 Å². The van der Waals surface area contributed by atoms with Gasteiger partial charge in [0.2, 0.25) is 0 Å². The van der Waals surface area contributed by atoms with E-state index < -0.39 is 0 Å². The van der Waals surface area contributed by atoms with Gasteiger partial charge in [0.05, 0.1) is 6.10 Å². The molecule has 1 saturated carbocycles. The Labute approximate surface area is 42.1 Å². The first-order valence-corrected chi connectivity index (χ1v) is 2.46. The van der Waals surface area contributed by atoms with Crippen LogP contribution < -0.4 is 0 Å². The SMILES string of the molecule is O=C[C@H]1C[C@@H](O)C1. The molecule has 1 rings (SSSR count). The molecule has 0 saturated heterocycles. The number of carbonyl (C=O) groups is 1. The lowest BCUT2D eigenvalue weighted by molar-refractivity contribution is -0.116. The Hall–Kier alpha value is -0.370. The standard InChI is InChI=1S/C5H8O2/c6-3-4-1-5(7)2-4/h3-5,7H,1-2H2/t4-,5+. The van der Waals surface area contributed by atoms with E-state index >= 15 is 0 Å². The molecule has 0 amide bonds. The van der Waals surface area contributed by atoms with Gasteiger partial charge >= 0.3 is 0 Å². The van der Waals surface area contributed by atoms with Crippen molar-refractivity contribution in [2.75, 3.05) is 0 Å². The second-order valence-electron chi connectivity index (χ2n) is 2.02. The van der Waals surface area contributed by atoms with Crippen LogP contribution in [0.4, 0.5) is 0 Å². The zero-order valence-electron chi connectivity index (χ0n) is 4.00. The molecular formula is C5H8O2. The summed E-state index contributed by atoms with van der Waals surface area (Å²) < 4.78 is 0. The summed E-state index contributed by atoms with van der Waals surface area (Å²) in [4.78, 5) is 9.82. The average molecular weight is 100 g/mol. The van der Waals surface area contributed by atoms with Gasteiger partial charge in [-0.3, -0.25) is 0 Å². The smallest absolute Gasteiger partial charge is 0.123 e. The third kappa shape index (κ3) is 0.800. The molecule has 0 unspecified atom stereocenters. The van der Waals surface area contributed by atoms with Crippen molar-refractivity contribution in [3.05, 3.63) is 0 Å². The van der Waals surface area contributed by atoms with Crippen molar-refractivity contribution in [2.45, 2.75) is 18.9 Å². The first-order chi connectivity index (χ1) is 3.33. The topological polar surface area (TPSA) is 37.3 Å². The van der Waals surface area contributed by atoms with E-state index in [1.54, 1.807) is 0 Å². The van der Waals surface area contributed by atoms with Crippen LogP contribution in [0, 0.1) is 5.92 Å². The molecule has 0 aliphatic heterocycles. The Morgan fingerprint density at radius 1 is 1.57 bits per heavy atom. The largest absolute Gasteiger partial charge is 0.393 e. The Balaban J connectivity index is 2.17. The second kappa shape index (κ2) is 1.62. The summed E-state index contributed by atoms with van der Waals surface area (Å²) in [6.07, 6.45) is 2.09. The molecular weight excluding hydrogens is 92.1 g/mol. The highest BCUT2D eigenvalue weighted by Crippen LogP contribution is 2.24. The molecule has 2 nitrogen and oxygen atoms in total. The second-order valence-corrected chi connectivity index (χ2v) is 2.02. The van der Waals surface area contributed by atoms with Crippen LogP contribution in [0.5, 0.6) is 0 Å². The van der Waals surface area contributed by atoms with E-state index in [0.717, 1.165) is 6.29 Å². The van der Waals surface area contributed by atoms with Gasteiger partial charge in [0.25, 0.3) is 0 Å². The number of rotatable bonds is 1. The number of carbonyl (C=O) groups excluding carboxylic acids is 1. The van der Waals surface area contributed by atoms with E-state index in [0.29, 0.717) is 12.8 Å². The summed E-state index contributed by atoms with van der Waals surface area (Å²) >= 11 is 0. The molecule has 7 heavy (non-hydrogen) atoms. The number of hydrogen-bond donors (Lipinski definition) is 1. The number of aldehydes is 1. The van der Waals surface area contributed by atoms with Gasteiger partial charge in [0.1, 0.15) is 6.29 Å². The number of hydrogen-bond acceptors (Lipinski definition) is 2. The Kier molecular flexibility index (Phi) is 1.11. The minimum atomic E-state index is -0.185. The summed E-state index contributed by atoms with van der Waals surface area (Å²) in [5, 5.41) is 8.59. The zero-order chi connectivity index (χ0) is 5.28. The number of aliphatic hydroxyl groups is 1. The summed E-state index contributed by atoms with van der Waals surface area (Å²) in [7, 11) is 0. The Morgan fingerprint density at radius 2 is 2.14 bits per heavy atom. The zero-order valence-corrected chi connectivity index (χ0v) is 4.00. The average Bonchev–Trinajstić information content (AvgIpc) is 1.58. The quantitative estimate of drug-likeness (QED) is 0.469. The van der Waals surface area contributed by atoms with E-state index in [1.807, 2.05) is 0 Å². The van der Waals surface area contributed by atoms with Gasteiger partial charge < -0.3 is 9.90 Å². The number of aliphatic hydroxyl groups excluding tert-OH is 1. The van der Waals surface area contributed by atoms with Crippen molar-refractivity contribution in [3.8, 4) is 0 Å². The van der Waals surface area contributed by atoms with Crippen LogP contribution in [-0.2, 0) is 4.79 Å². The molecule has 1 fully saturated rings. The molecule has 0 aromatic heterocycles. The van der Waals surface area contributed by atoms with Gasteiger partial charge in [0, 0.05) is 5.92 Å². The minimum Gasteiger partial charge on any atom is -0.393 e. The highest BCUT2D eigenvalue weighted by molar-refractivity contribution is 5.55. The predicted molar refractivity (Wildman–Crippen MR) is 24.8 cm³/mol. The molecule has 0 atom stereocenters. The predicted octanol–water partition coefficient (Wildman–Crippen LogP) is -0.0438. The van der Waals surface area contributed by atoms with Gasteiger partial charge in [-0.15, -0.1) is 0 Å². The maximum absolute atomic E-state index is 9.82. The maximum atomic E-state index is 9.82. The van der Waals surface area contributed by atoms with Crippen LogP contribution in [0.15, 0.2) is 0 Å². The van der Waals surface area contributed by atoms with Crippen LogP contribution in [0.1, 0.15) is 12.8 Å². The highest BCUT2D eigenvalue weighted by Gasteiger charge is 2.25. The third-order valence-electron chi connectivity index (χ3n) is 1.34. The van der Waals surface area contributed by atoms with Crippen molar-refractivity contribution < 1.29 is 9.90 Å². The first kappa shape index (κ1) is 4.78. The minimum absolute atomic E-state index is 0.162. The van der Waals surface area contributed by atoms with Crippen LogP contribution in [0.3, 0.4) is 0 Å². The lowest BCUT2D eigenvalue weighted by Gasteiger charge is -2.25. The molecule has 2 heteroatoms. The molecule has 1 aliphatic rings. The van der Waals surface area contributed by atoms with E-state index in [9.17, 15) is 4.79 Å². The van der Waals surface area contributed by atoms with Gasteiger partial charge in [-0.25, -0.2) is 0 Å². The monoisotopic (exact) mass is 100 g/mol. The molecule has 1 aliphatic carbocycles. The highest BCUT2D eigenvalue weighted by atomic mass is 16.3. The fourth-order valence-electron chi connectivity index (χ4n) is 0.741. The van der Waals surface area contributed by atoms with Crippen LogP contribution >= 0.6 is 0 Å². The molecule has 0 bridgehead atoms. The fourth-order valence-corrected chi connectivity index (χ4v) is 0.741. The van der Waals surface area contributed by atoms with E-state index in [1.165, 1.54) is 0 Å². The Morgan fingerprint density at radius 3 is 2.29 bits per heavy atom. The van der Waals surface area contributed by atoms with Crippen LogP contribution in [0.2, 0.25) is 0 Å². The van der Waals surface area contributed by atoms with Crippen molar-refractivity contribution in [1.29, 1.82) is 0 Å². The maximum Gasteiger partial charge on any atom is 0.123 e. The lowest BCUT2D eigenvalue weighted by atomic mass is 9.84. The van der Waals surface area contributed by atoms with E-state index in [-0.39, 0.29) is 12.0 Å². The third-order valence-corrected chi connectivity index (χ3v) is 1.34. The summed E-state index contributed by atoms with van der Waals surface area (Å²) in [6.45, 7) is 0. The molecule has 40 valence electrons. The molecule has 0 aromatic carbocycles. The van der Waals surface area contributed by atoms with Crippen molar-refractivity contribution in [2.24, 2.45) is 5.92 Å². The Bertz CT molecular complexity index is 74.1. The summed E-state index contributed by atoms with van der Waals surface area (Å²) in [5.74, 6) is 0.162. The summed E-state index contributed by atoms with van der Waals surface area (Å²) in [6, 6.07) is 0. The van der Waals surface area contributed by atoms with Crippen LogP contribution in [-0.4, -0.2) is 17.5 Å². The van der Waals surface area contributed by atoms with E-state index in [4.69, 9.17) is 5.11 Å². The first-order valence-electron chi connectivity index (χ1n) is 2.46. The normalized spacial score (nSPS) is 39.6. The van der Waals surface area contributed by atoms with Gasteiger partial charge in [-0.1, -0.05) is 0 Å². The molecule has 0 aromatic rings. The van der Waals surface area contributed by atoms with Crippen molar-refractivity contribution in [3.63, 3.8) is 0 Å². The molecule has 0 spiro atoms. The van der Waals surface area contributed by atoms with Crippen molar-refractivity contribution in [1.82, 2.24) is 0 Å². The molecule has 0 radical (unpaired) electrons. The molecule has 0 heterocycles. The van der Waals surface area contributed by atoms with E-state index in [2.05, 4.69) is 0 Å². The van der Waals surface area contributed by atoms with Gasteiger partial charge in [-0.2, -0.15) is 0 Å². The van der Waals surface area contributed by atoms with Gasteiger partial charge in [0.15, 0.2) is 0 Å². The lowest BCUT2D eigenvalue weighted by Crippen LogP contribution is -2.28. The summed E-state index contributed by atoms with van der Waals surface area (Å²) in [5.41, 5.74) is 0. The molecule has 1 N–H and O–H groups in total.